The van der Waals surface area contributed by atoms with Crippen molar-refractivity contribution in [2.24, 2.45) is 0 Å². The second-order valence-electron chi connectivity index (χ2n) is 7.24. The maximum atomic E-state index is 13.5. The summed E-state index contributed by atoms with van der Waals surface area (Å²) in [5.74, 6) is -1.66. The number of hydrogen-bond donors (Lipinski definition) is 1. The zero-order valence-corrected chi connectivity index (χ0v) is 19.0. The maximum absolute atomic E-state index is 13.5. The Morgan fingerprint density at radius 3 is 2.29 bits per heavy atom. The molecule has 1 N–H and O–H groups in total. The van der Waals surface area contributed by atoms with Gasteiger partial charge < -0.3 is 14.2 Å². The van der Waals surface area contributed by atoms with Crippen LogP contribution >= 0.6 is 11.6 Å². The standard InChI is InChI=1S/C22H15ClF3N3O5S/c23-16-5-10-19-27-20(13-28(19)12-16)29(11-14-1-6-17(7-2-14)34-22(24,25)26)35(32,33)18-8-3-15(4-9-18)21(30)31/h1-10,12-13H,11H2,(H,30,31). The number of ether oxygens (including phenoxy) is 1. The Balaban J connectivity index is 1.75. The Morgan fingerprint density at radius 2 is 1.69 bits per heavy atom. The molecule has 35 heavy (non-hydrogen) atoms. The van der Waals surface area contributed by atoms with E-state index >= 15 is 0 Å². The van der Waals surface area contributed by atoms with Gasteiger partial charge in [-0.3, -0.25) is 0 Å². The van der Waals surface area contributed by atoms with Crippen LogP contribution in [0.5, 0.6) is 5.75 Å². The molecule has 0 spiro atoms. The van der Waals surface area contributed by atoms with E-state index < -0.39 is 28.1 Å². The first-order chi connectivity index (χ1) is 16.4. The zero-order valence-electron chi connectivity index (χ0n) is 17.5. The van der Waals surface area contributed by atoms with Crippen LogP contribution in [0.15, 0.2) is 78.0 Å². The second-order valence-corrected chi connectivity index (χ2v) is 9.54. The fourth-order valence-electron chi connectivity index (χ4n) is 3.22. The number of pyridine rings is 1. The molecular formula is C22H15ClF3N3O5S. The summed E-state index contributed by atoms with van der Waals surface area (Å²) in [6, 6.07) is 12.5. The molecule has 0 saturated carbocycles. The van der Waals surface area contributed by atoms with E-state index in [9.17, 15) is 26.4 Å². The Morgan fingerprint density at radius 1 is 1.03 bits per heavy atom. The number of nitrogens with zero attached hydrogens (tertiary/aromatic N) is 3. The number of carbonyl (C=O) groups is 1. The Kier molecular flexibility index (Phi) is 6.34. The number of carboxylic acid groups (broad SMARTS) is 1. The Bertz CT molecular complexity index is 1490. The van der Waals surface area contributed by atoms with Crippen molar-refractivity contribution in [1.82, 2.24) is 9.38 Å². The van der Waals surface area contributed by atoms with E-state index in [2.05, 4.69) is 9.72 Å². The summed E-state index contributed by atoms with van der Waals surface area (Å²) in [6.45, 7) is -0.285. The number of aromatic carboxylic acids is 1. The normalized spacial score (nSPS) is 12.0. The van der Waals surface area contributed by atoms with Crippen LogP contribution in [0.2, 0.25) is 5.02 Å². The third-order valence-corrected chi connectivity index (χ3v) is 6.82. The van der Waals surface area contributed by atoms with Gasteiger partial charge in [0.15, 0.2) is 5.82 Å². The first-order valence-corrected chi connectivity index (χ1v) is 11.6. The first kappa shape index (κ1) is 24.4. The van der Waals surface area contributed by atoms with Gasteiger partial charge in [0.2, 0.25) is 0 Å². The first-order valence-electron chi connectivity index (χ1n) is 9.77. The third kappa shape index (κ3) is 5.49. The molecule has 2 aromatic heterocycles. The molecule has 4 aromatic rings. The monoisotopic (exact) mass is 525 g/mol. The van der Waals surface area contributed by atoms with Crippen LogP contribution in [-0.2, 0) is 16.6 Å². The molecule has 2 heterocycles. The van der Waals surface area contributed by atoms with Crippen LogP contribution < -0.4 is 9.04 Å². The molecule has 0 aliphatic carbocycles. The number of carboxylic acids is 1. The van der Waals surface area contributed by atoms with Crippen LogP contribution in [0.1, 0.15) is 15.9 Å². The highest BCUT2D eigenvalue weighted by Crippen LogP contribution is 2.28. The van der Waals surface area contributed by atoms with Crippen molar-refractivity contribution < 1.29 is 36.2 Å². The highest BCUT2D eigenvalue weighted by atomic mass is 35.5. The van der Waals surface area contributed by atoms with Crippen LogP contribution in [0, 0.1) is 0 Å². The van der Waals surface area contributed by atoms with Crippen LogP contribution in [0.3, 0.4) is 0 Å². The molecule has 0 fully saturated rings. The zero-order chi connectivity index (χ0) is 25.4. The molecule has 2 aromatic carbocycles. The molecule has 0 radical (unpaired) electrons. The fraction of sp³-hybridized carbons (Fsp3) is 0.0909. The number of imidazole rings is 1. The van der Waals surface area contributed by atoms with Crippen LogP contribution in [0.4, 0.5) is 19.0 Å². The molecule has 0 saturated heterocycles. The minimum Gasteiger partial charge on any atom is -0.478 e. The van der Waals surface area contributed by atoms with Crippen molar-refractivity contribution in [3.8, 4) is 5.75 Å². The molecular weight excluding hydrogens is 511 g/mol. The van der Waals surface area contributed by atoms with Crippen LogP contribution in [0.25, 0.3) is 5.65 Å². The second kappa shape index (κ2) is 9.12. The van der Waals surface area contributed by atoms with Gasteiger partial charge in [0.25, 0.3) is 10.0 Å². The summed E-state index contributed by atoms with van der Waals surface area (Å²) in [5, 5.41) is 9.48. The van der Waals surface area contributed by atoms with Gasteiger partial charge in [0.05, 0.1) is 28.2 Å². The SMILES string of the molecule is O=C(O)c1ccc(S(=O)(=O)N(Cc2ccc(OC(F)(F)F)cc2)c2cn3cc(Cl)ccc3n2)cc1. The average Bonchev–Trinajstić information content (AvgIpc) is 3.20. The minimum atomic E-state index is -4.86. The predicted molar refractivity (Wildman–Crippen MR) is 120 cm³/mol. The summed E-state index contributed by atoms with van der Waals surface area (Å²) in [4.78, 5) is 15.3. The molecule has 0 amide bonds. The summed E-state index contributed by atoms with van der Waals surface area (Å²) in [5.41, 5.74) is 0.651. The number of hydrogen-bond acceptors (Lipinski definition) is 5. The summed E-state index contributed by atoms with van der Waals surface area (Å²) in [7, 11) is -4.27. The molecule has 8 nitrogen and oxygen atoms in total. The topological polar surface area (TPSA) is 101 Å². The molecule has 0 atom stereocenters. The molecule has 0 bridgehead atoms. The highest BCUT2D eigenvalue weighted by molar-refractivity contribution is 7.92. The molecule has 13 heteroatoms. The quantitative estimate of drug-likeness (QED) is 0.365. The van der Waals surface area contributed by atoms with E-state index in [-0.39, 0.29) is 22.8 Å². The molecule has 4 rings (SSSR count). The summed E-state index contributed by atoms with van der Waals surface area (Å²) in [6.07, 6.45) is -1.90. The summed E-state index contributed by atoms with van der Waals surface area (Å²) < 4.78 is 70.8. The van der Waals surface area contributed by atoms with E-state index in [0.29, 0.717) is 16.2 Å². The number of benzene rings is 2. The number of halogens is 4. The number of alkyl halides is 3. The van der Waals surface area contributed by atoms with E-state index in [1.807, 2.05) is 0 Å². The number of aromatic nitrogens is 2. The third-order valence-electron chi connectivity index (χ3n) is 4.83. The van der Waals surface area contributed by atoms with Crippen molar-refractivity contribution >= 4 is 39.1 Å². The molecule has 0 unspecified atom stereocenters. The van der Waals surface area contributed by atoms with E-state index in [1.54, 1.807) is 12.1 Å². The number of sulfonamides is 1. The van der Waals surface area contributed by atoms with Gasteiger partial charge in [-0.1, -0.05) is 23.7 Å². The van der Waals surface area contributed by atoms with Gasteiger partial charge in [0, 0.05) is 6.20 Å². The lowest BCUT2D eigenvalue weighted by atomic mass is 10.2. The lowest BCUT2D eigenvalue weighted by molar-refractivity contribution is -0.274. The smallest absolute Gasteiger partial charge is 0.478 e. The molecule has 0 aliphatic rings. The van der Waals surface area contributed by atoms with Crippen molar-refractivity contribution in [2.45, 2.75) is 17.8 Å². The largest absolute Gasteiger partial charge is 0.573 e. The Hall–Kier alpha value is -3.77. The fourth-order valence-corrected chi connectivity index (χ4v) is 4.78. The summed E-state index contributed by atoms with van der Waals surface area (Å²) >= 11 is 6.00. The maximum Gasteiger partial charge on any atom is 0.573 e. The van der Waals surface area contributed by atoms with Gasteiger partial charge in [-0.25, -0.2) is 22.5 Å². The van der Waals surface area contributed by atoms with Gasteiger partial charge in [-0.05, 0) is 54.1 Å². The highest BCUT2D eigenvalue weighted by Gasteiger charge is 2.31. The molecule has 182 valence electrons. The molecule has 0 aliphatic heterocycles. The predicted octanol–water partition coefficient (Wildman–Crippen LogP) is 4.98. The average molecular weight is 526 g/mol. The van der Waals surface area contributed by atoms with Gasteiger partial charge in [-0.2, -0.15) is 0 Å². The minimum absolute atomic E-state index is 0.0187. The number of fused-ring (bicyclic) bond motifs is 1. The Labute approximate surface area is 201 Å². The van der Waals surface area contributed by atoms with Crippen molar-refractivity contribution in [1.29, 1.82) is 0 Å². The van der Waals surface area contributed by atoms with Gasteiger partial charge >= 0.3 is 12.3 Å². The van der Waals surface area contributed by atoms with E-state index in [0.717, 1.165) is 40.7 Å². The number of anilines is 1. The van der Waals surface area contributed by atoms with E-state index in [4.69, 9.17) is 16.7 Å². The van der Waals surface area contributed by atoms with Crippen molar-refractivity contribution in [2.75, 3.05) is 4.31 Å². The van der Waals surface area contributed by atoms with Crippen molar-refractivity contribution in [3.63, 3.8) is 0 Å². The number of rotatable bonds is 7. The van der Waals surface area contributed by atoms with Crippen molar-refractivity contribution in [3.05, 3.63) is 89.2 Å². The van der Waals surface area contributed by atoms with Gasteiger partial charge in [0.1, 0.15) is 11.4 Å². The van der Waals surface area contributed by atoms with Crippen LogP contribution in [-0.4, -0.2) is 35.2 Å². The lowest BCUT2D eigenvalue weighted by Gasteiger charge is -2.22. The lowest BCUT2D eigenvalue weighted by Crippen LogP contribution is -2.31. The van der Waals surface area contributed by atoms with E-state index in [1.165, 1.54) is 28.9 Å². The van der Waals surface area contributed by atoms with Gasteiger partial charge in [-0.15, -0.1) is 13.2 Å².